The summed E-state index contributed by atoms with van der Waals surface area (Å²) in [5.74, 6) is 1.19. The van der Waals surface area contributed by atoms with Crippen LogP contribution in [0.1, 0.15) is 0 Å². The Morgan fingerprint density at radius 3 is 2.45 bits per heavy atom. The summed E-state index contributed by atoms with van der Waals surface area (Å²) < 4.78 is 11.7. The molecule has 1 N–H and O–H groups in total. The van der Waals surface area contributed by atoms with Crippen molar-refractivity contribution in [1.29, 1.82) is 0 Å². The van der Waals surface area contributed by atoms with Crippen LogP contribution in [0.4, 0.5) is 10.5 Å². The number of rotatable bonds is 3. The van der Waals surface area contributed by atoms with Crippen LogP contribution in [0.5, 0.6) is 11.5 Å². The zero-order valence-corrected chi connectivity index (χ0v) is 12.2. The monoisotopic (exact) mass is 297 g/mol. The molecule has 3 aromatic rings. The van der Waals surface area contributed by atoms with Crippen LogP contribution < -0.4 is 14.8 Å². The Morgan fingerprint density at radius 1 is 1.09 bits per heavy atom. The van der Waals surface area contributed by atoms with Crippen LogP contribution in [-0.2, 0) is 0 Å². The molecule has 0 aliphatic carbocycles. The van der Waals surface area contributed by atoms with E-state index >= 15 is 0 Å². The van der Waals surface area contributed by atoms with Crippen molar-refractivity contribution in [2.75, 3.05) is 19.5 Å². The van der Waals surface area contributed by atoms with Gasteiger partial charge < -0.3 is 14.8 Å². The zero-order valence-electron chi connectivity index (χ0n) is 12.2. The molecule has 0 aliphatic heterocycles. The highest BCUT2D eigenvalue weighted by Gasteiger charge is 2.11. The highest BCUT2D eigenvalue weighted by atomic mass is 16.5. The van der Waals surface area contributed by atoms with Crippen molar-refractivity contribution >= 4 is 22.6 Å². The minimum Gasteiger partial charge on any atom is -0.497 e. The first-order chi connectivity index (χ1) is 10.7. The van der Waals surface area contributed by atoms with Crippen LogP contribution in [-0.4, -0.2) is 30.0 Å². The van der Waals surface area contributed by atoms with Crippen molar-refractivity contribution in [3.63, 3.8) is 0 Å². The number of para-hydroxylation sites is 1. The third-order valence-corrected chi connectivity index (χ3v) is 3.27. The van der Waals surface area contributed by atoms with Crippen molar-refractivity contribution < 1.29 is 14.3 Å². The lowest BCUT2D eigenvalue weighted by Gasteiger charge is -2.10. The first-order valence-electron chi connectivity index (χ1n) is 6.68. The van der Waals surface area contributed by atoms with Crippen molar-refractivity contribution in [3.8, 4) is 11.5 Å². The molecule has 3 rings (SSSR count). The fourth-order valence-corrected chi connectivity index (χ4v) is 2.19. The molecule has 22 heavy (non-hydrogen) atoms. The van der Waals surface area contributed by atoms with Crippen molar-refractivity contribution in [2.24, 2.45) is 0 Å². The third-order valence-electron chi connectivity index (χ3n) is 3.27. The summed E-state index contributed by atoms with van der Waals surface area (Å²) in [6.45, 7) is 0. The Hall–Kier alpha value is -3.02. The van der Waals surface area contributed by atoms with Gasteiger partial charge in [-0.2, -0.15) is 9.78 Å². The molecule has 0 saturated carbocycles. The van der Waals surface area contributed by atoms with Crippen LogP contribution in [0, 0.1) is 0 Å². The van der Waals surface area contributed by atoms with Crippen LogP contribution in [0.25, 0.3) is 10.9 Å². The van der Waals surface area contributed by atoms with Gasteiger partial charge in [-0.3, -0.25) is 0 Å². The Kier molecular flexibility index (Phi) is 3.65. The van der Waals surface area contributed by atoms with E-state index in [9.17, 15) is 4.79 Å². The lowest BCUT2D eigenvalue weighted by molar-refractivity contribution is 0.252. The number of hydrogen-bond donors (Lipinski definition) is 1. The standard InChI is InChI=1S/C16H15N3O3/c1-21-13-7-12(8-14(9-13)22-2)18-16(20)19-15-6-4-3-5-11(15)10-17-19/h3-10H,1-2H3,(H,18,20). The van der Waals surface area contributed by atoms with Crippen LogP contribution in [0.2, 0.25) is 0 Å². The highest BCUT2D eigenvalue weighted by Crippen LogP contribution is 2.26. The Balaban J connectivity index is 1.91. The lowest BCUT2D eigenvalue weighted by atomic mass is 10.2. The SMILES string of the molecule is COc1cc(NC(=O)n2ncc3ccccc32)cc(OC)c1. The van der Waals surface area contributed by atoms with Crippen molar-refractivity contribution in [2.45, 2.75) is 0 Å². The van der Waals surface area contributed by atoms with Crippen molar-refractivity contribution in [3.05, 3.63) is 48.7 Å². The van der Waals surface area contributed by atoms with E-state index in [4.69, 9.17) is 9.47 Å². The second kappa shape index (κ2) is 5.77. The van der Waals surface area contributed by atoms with E-state index in [0.717, 1.165) is 10.9 Å². The average molecular weight is 297 g/mol. The predicted octanol–water partition coefficient (Wildman–Crippen LogP) is 3.13. The van der Waals surface area contributed by atoms with E-state index in [-0.39, 0.29) is 6.03 Å². The number of nitrogens with one attached hydrogen (secondary N) is 1. The number of anilines is 1. The van der Waals surface area contributed by atoms with Gasteiger partial charge in [-0.25, -0.2) is 4.79 Å². The second-order valence-corrected chi connectivity index (χ2v) is 4.65. The number of carbonyl (C=O) groups excluding carboxylic acids is 1. The minimum absolute atomic E-state index is 0.350. The number of methoxy groups -OCH3 is 2. The number of fused-ring (bicyclic) bond motifs is 1. The van der Waals surface area contributed by atoms with Crippen LogP contribution >= 0.6 is 0 Å². The van der Waals surface area contributed by atoms with E-state index in [0.29, 0.717) is 17.2 Å². The largest absolute Gasteiger partial charge is 0.497 e. The topological polar surface area (TPSA) is 65.4 Å². The molecular formula is C16H15N3O3. The summed E-state index contributed by atoms with van der Waals surface area (Å²) in [6, 6.07) is 12.3. The van der Waals surface area contributed by atoms with Gasteiger partial charge in [0.1, 0.15) is 11.5 Å². The molecule has 0 unspecified atom stereocenters. The summed E-state index contributed by atoms with van der Waals surface area (Å²) in [5.41, 5.74) is 1.32. The molecule has 0 radical (unpaired) electrons. The van der Waals surface area contributed by atoms with Gasteiger partial charge in [-0.05, 0) is 6.07 Å². The molecule has 6 heteroatoms. The summed E-state index contributed by atoms with van der Waals surface area (Å²) in [4.78, 5) is 12.4. The molecule has 0 bridgehead atoms. The number of nitrogens with zero attached hydrogens (tertiary/aromatic N) is 2. The normalized spacial score (nSPS) is 10.5. The van der Waals surface area contributed by atoms with Gasteiger partial charge in [0.15, 0.2) is 0 Å². The highest BCUT2D eigenvalue weighted by molar-refractivity contribution is 5.97. The predicted molar refractivity (Wildman–Crippen MR) is 83.7 cm³/mol. The van der Waals surface area contributed by atoms with E-state index in [1.54, 1.807) is 38.6 Å². The fourth-order valence-electron chi connectivity index (χ4n) is 2.19. The maximum Gasteiger partial charge on any atom is 0.347 e. The molecule has 0 saturated heterocycles. The lowest BCUT2D eigenvalue weighted by Crippen LogP contribution is -2.20. The van der Waals surface area contributed by atoms with Gasteiger partial charge in [0.05, 0.1) is 25.9 Å². The number of carbonyl (C=O) groups is 1. The van der Waals surface area contributed by atoms with Crippen LogP contribution in [0.3, 0.4) is 0 Å². The summed E-state index contributed by atoms with van der Waals surface area (Å²) >= 11 is 0. The second-order valence-electron chi connectivity index (χ2n) is 4.65. The minimum atomic E-state index is -0.350. The molecular weight excluding hydrogens is 282 g/mol. The van der Waals surface area contributed by atoms with Gasteiger partial charge >= 0.3 is 6.03 Å². The fraction of sp³-hybridized carbons (Fsp3) is 0.125. The molecule has 0 atom stereocenters. The molecule has 6 nitrogen and oxygen atoms in total. The molecule has 0 fully saturated rings. The van der Waals surface area contributed by atoms with Crippen LogP contribution in [0.15, 0.2) is 48.7 Å². The van der Waals surface area contributed by atoms with E-state index < -0.39 is 0 Å². The molecule has 0 spiro atoms. The Morgan fingerprint density at radius 2 is 1.77 bits per heavy atom. The molecule has 112 valence electrons. The smallest absolute Gasteiger partial charge is 0.347 e. The van der Waals surface area contributed by atoms with E-state index in [1.165, 1.54) is 4.68 Å². The average Bonchev–Trinajstić information content (AvgIpc) is 2.98. The first kappa shape index (κ1) is 13.9. The number of ether oxygens (including phenoxy) is 2. The molecule has 1 aromatic heterocycles. The molecule has 0 aliphatic rings. The number of amides is 1. The quantitative estimate of drug-likeness (QED) is 0.806. The molecule has 2 aromatic carbocycles. The molecule has 1 heterocycles. The van der Waals surface area contributed by atoms with Gasteiger partial charge in [-0.1, -0.05) is 18.2 Å². The van der Waals surface area contributed by atoms with Gasteiger partial charge in [0.25, 0.3) is 0 Å². The zero-order chi connectivity index (χ0) is 15.5. The van der Waals surface area contributed by atoms with Gasteiger partial charge in [0.2, 0.25) is 0 Å². The first-order valence-corrected chi connectivity index (χ1v) is 6.68. The van der Waals surface area contributed by atoms with Crippen molar-refractivity contribution in [1.82, 2.24) is 9.78 Å². The number of aromatic nitrogens is 2. The van der Waals surface area contributed by atoms with E-state index in [1.807, 2.05) is 24.3 Å². The maximum atomic E-state index is 12.4. The summed E-state index contributed by atoms with van der Waals surface area (Å²) in [6.07, 6.45) is 1.65. The summed E-state index contributed by atoms with van der Waals surface area (Å²) in [7, 11) is 3.11. The summed E-state index contributed by atoms with van der Waals surface area (Å²) in [5, 5.41) is 7.81. The van der Waals surface area contributed by atoms with Gasteiger partial charge in [0, 0.05) is 29.3 Å². The van der Waals surface area contributed by atoms with Gasteiger partial charge in [-0.15, -0.1) is 0 Å². The maximum absolute atomic E-state index is 12.4. The Bertz CT molecular complexity index is 804. The number of hydrogen-bond acceptors (Lipinski definition) is 4. The van der Waals surface area contributed by atoms with E-state index in [2.05, 4.69) is 10.4 Å². The third kappa shape index (κ3) is 2.58. The number of benzene rings is 2. The Labute approximate surface area is 127 Å². The molecule has 1 amide bonds.